The van der Waals surface area contributed by atoms with Crippen LogP contribution < -0.4 is 10.1 Å². The van der Waals surface area contributed by atoms with E-state index in [1.54, 1.807) is 25.3 Å². The number of methoxy groups -OCH3 is 1. The lowest BCUT2D eigenvalue weighted by atomic mass is 10.1. The summed E-state index contributed by atoms with van der Waals surface area (Å²) in [6.45, 7) is 4.18. The monoisotopic (exact) mass is 618 g/mol. The fourth-order valence-corrected chi connectivity index (χ4v) is 6.04. The zero-order valence-corrected chi connectivity index (χ0v) is 27.0. The minimum Gasteiger partial charge on any atom is -0.497 e. The van der Waals surface area contributed by atoms with Crippen molar-refractivity contribution in [2.75, 3.05) is 7.11 Å². The molecule has 0 aliphatic carbocycles. The summed E-state index contributed by atoms with van der Waals surface area (Å²) < 4.78 is 7.25. The molecule has 2 aromatic carbocycles. The van der Waals surface area contributed by atoms with Gasteiger partial charge in [0.2, 0.25) is 5.91 Å². The number of carbonyl (C=O) groups is 1. The zero-order valence-electron chi connectivity index (χ0n) is 24.6. The molecule has 6 nitrogen and oxygen atoms in total. The molecule has 1 aromatic heterocycles. The summed E-state index contributed by atoms with van der Waals surface area (Å²) in [4.78, 5) is 12.8. The second-order valence-corrected chi connectivity index (χ2v) is 12.3. The summed E-state index contributed by atoms with van der Waals surface area (Å²) in [6.07, 6.45) is 14.3. The van der Waals surface area contributed by atoms with Gasteiger partial charge in [-0.1, -0.05) is 118 Å². The molecule has 1 heterocycles. The van der Waals surface area contributed by atoms with Crippen LogP contribution in [0.3, 0.4) is 0 Å². The van der Waals surface area contributed by atoms with Crippen molar-refractivity contribution >= 4 is 40.9 Å². The molecular formula is C32H44Cl2N4O2S. The Bertz CT molecular complexity index is 1220. The summed E-state index contributed by atoms with van der Waals surface area (Å²) >= 11 is 14.5. The largest absolute Gasteiger partial charge is 0.497 e. The lowest BCUT2D eigenvalue weighted by Gasteiger charge is -2.17. The van der Waals surface area contributed by atoms with Crippen LogP contribution in [0.15, 0.2) is 47.6 Å². The Morgan fingerprint density at radius 1 is 0.951 bits per heavy atom. The molecule has 1 amide bonds. The minimum absolute atomic E-state index is 0.0192. The summed E-state index contributed by atoms with van der Waals surface area (Å²) in [6, 6.07) is 12.9. The fraction of sp³-hybridized carbons (Fsp3) is 0.531. The number of hydrogen-bond donors (Lipinski definition) is 1. The standard InChI is InChI=1S/C32H44Cl2N4O2S/c1-4-5-6-7-8-9-10-11-12-13-14-18-30(39)35-24(2)31-36-37-32(38(31)29-22-26(33)19-20-28(29)34)41-23-25-16-15-17-27(21-25)40-3/h15-17,19-22,24H,4-14,18,23H2,1-3H3,(H,35,39). The highest BCUT2D eigenvalue weighted by molar-refractivity contribution is 7.98. The average Bonchev–Trinajstić information content (AvgIpc) is 3.40. The molecule has 1 unspecified atom stereocenters. The van der Waals surface area contributed by atoms with E-state index in [1.807, 2.05) is 35.8 Å². The molecule has 0 bridgehead atoms. The third-order valence-electron chi connectivity index (χ3n) is 7.08. The highest BCUT2D eigenvalue weighted by Gasteiger charge is 2.23. The number of aromatic nitrogens is 3. The van der Waals surface area contributed by atoms with Gasteiger partial charge in [0.15, 0.2) is 11.0 Å². The lowest BCUT2D eigenvalue weighted by Crippen LogP contribution is -2.28. The van der Waals surface area contributed by atoms with Crippen LogP contribution in [0.5, 0.6) is 5.75 Å². The van der Waals surface area contributed by atoms with Gasteiger partial charge < -0.3 is 10.1 Å². The summed E-state index contributed by atoms with van der Waals surface area (Å²) in [7, 11) is 1.66. The Balaban J connectivity index is 1.56. The van der Waals surface area contributed by atoms with Crippen molar-refractivity contribution in [1.29, 1.82) is 0 Å². The Labute approximate surface area is 259 Å². The first kappa shape index (κ1) is 33.3. The van der Waals surface area contributed by atoms with Crippen molar-refractivity contribution < 1.29 is 9.53 Å². The first-order chi connectivity index (χ1) is 19.9. The van der Waals surface area contributed by atoms with E-state index >= 15 is 0 Å². The van der Waals surface area contributed by atoms with Gasteiger partial charge in [0.05, 0.1) is 23.9 Å². The van der Waals surface area contributed by atoms with Gasteiger partial charge >= 0.3 is 0 Å². The quantitative estimate of drug-likeness (QED) is 0.107. The van der Waals surface area contributed by atoms with Crippen LogP contribution >= 0.6 is 35.0 Å². The molecular weight excluding hydrogens is 575 g/mol. The predicted octanol–water partition coefficient (Wildman–Crippen LogP) is 9.75. The van der Waals surface area contributed by atoms with Gasteiger partial charge in [-0.05, 0) is 49.2 Å². The number of rotatable bonds is 19. The van der Waals surface area contributed by atoms with E-state index in [0.29, 0.717) is 38.9 Å². The number of unbranched alkanes of at least 4 members (excludes halogenated alkanes) is 10. The fourth-order valence-electron chi connectivity index (χ4n) is 4.78. The second kappa shape index (κ2) is 18.3. The molecule has 0 aliphatic heterocycles. The minimum atomic E-state index is -0.357. The van der Waals surface area contributed by atoms with E-state index in [4.69, 9.17) is 27.9 Å². The van der Waals surface area contributed by atoms with E-state index in [9.17, 15) is 4.79 Å². The van der Waals surface area contributed by atoms with Crippen molar-refractivity contribution in [2.45, 2.75) is 108 Å². The number of benzene rings is 2. The van der Waals surface area contributed by atoms with Crippen LogP contribution in [0.1, 0.15) is 108 Å². The number of thioether (sulfide) groups is 1. The van der Waals surface area contributed by atoms with Crippen LogP contribution in [0.25, 0.3) is 5.69 Å². The maximum Gasteiger partial charge on any atom is 0.220 e. The summed E-state index contributed by atoms with van der Waals surface area (Å²) in [5.74, 6) is 2.09. The Hall–Kier alpha value is -2.22. The average molecular weight is 620 g/mol. The van der Waals surface area contributed by atoms with Crippen LogP contribution in [0.2, 0.25) is 10.0 Å². The number of ether oxygens (including phenoxy) is 1. The van der Waals surface area contributed by atoms with Gasteiger partial charge in [-0.3, -0.25) is 9.36 Å². The molecule has 0 saturated carbocycles. The molecule has 0 fully saturated rings. The third kappa shape index (κ3) is 11.2. The van der Waals surface area contributed by atoms with Gasteiger partial charge in [0.25, 0.3) is 0 Å². The molecule has 1 atom stereocenters. The van der Waals surface area contributed by atoms with Crippen molar-refractivity contribution in [3.05, 3.63) is 63.9 Å². The van der Waals surface area contributed by atoms with E-state index in [1.165, 1.54) is 69.5 Å². The molecule has 3 rings (SSSR count). The molecule has 0 radical (unpaired) electrons. The van der Waals surface area contributed by atoms with E-state index in [-0.39, 0.29) is 11.9 Å². The van der Waals surface area contributed by atoms with Crippen LogP contribution in [0, 0.1) is 0 Å². The van der Waals surface area contributed by atoms with Crippen LogP contribution in [-0.4, -0.2) is 27.8 Å². The van der Waals surface area contributed by atoms with Crippen molar-refractivity contribution in [2.24, 2.45) is 0 Å². The highest BCUT2D eigenvalue weighted by Crippen LogP contribution is 2.33. The molecule has 0 spiro atoms. The molecule has 1 N–H and O–H groups in total. The van der Waals surface area contributed by atoms with Crippen molar-refractivity contribution in [1.82, 2.24) is 20.1 Å². The first-order valence-corrected chi connectivity index (χ1v) is 16.6. The van der Waals surface area contributed by atoms with E-state index in [0.717, 1.165) is 24.2 Å². The van der Waals surface area contributed by atoms with Gasteiger partial charge in [-0.25, -0.2) is 0 Å². The summed E-state index contributed by atoms with van der Waals surface area (Å²) in [5.41, 5.74) is 1.77. The normalized spacial score (nSPS) is 11.9. The van der Waals surface area contributed by atoms with Gasteiger partial charge in [0.1, 0.15) is 5.75 Å². The molecule has 3 aromatic rings. The Kier molecular flexibility index (Phi) is 14.9. The maximum atomic E-state index is 12.8. The van der Waals surface area contributed by atoms with Gasteiger partial charge in [0, 0.05) is 17.2 Å². The number of amides is 1. The lowest BCUT2D eigenvalue weighted by molar-refractivity contribution is -0.121. The summed E-state index contributed by atoms with van der Waals surface area (Å²) in [5, 5.41) is 13.8. The van der Waals surface area contributed by atoms with Gasteiger partial charge in [-0.15, -0.1) is 10.2 Å². The molecule has 224 valence electrons. The van der Waals surface area contributed by atoms with Gasteiger partial charge in [-0.2, -0.15) is 0 Å². The highest BCUT2D eigenvalue weighted by atomic mass is 35.5. The SMILES string of the molecule is CCCCCCCCCCCCCC(=O)NC(C)c1nnc(SCc2cccc(OC)c2)n1-c1cc(Cl)ccc1Cl. The smallest absolute Gasteiger partial charge is 0.220 e. The van der Waals surface area contributed by atoms with Crippen molar-refractivity contribution in [3.63, 3.8) is 0 Å². The van der Waals surface area contributed by atoms with E-state index in [2.05, 4.69) is 22.4 Å². The third-order valence-corrected chi connectivity index (χ3v) is 8.64. The molecule has 0 saturated heterocycles. The predicted molar refractivity (Wildman–Crippen MR) is 172 cm³/mol. The number of nitrogens with one attached hydrogen (secondary N) is 1. The maximum absolute atomic E-state index is 12.8. The molecule has 9 heteroatoms. The van der Waals surface area contributed by atoms with E-state index < -0.39 is 0 Å². The Morgan fingerprint density at radius 3 is 2.32 bits per heavy atom. The zero-order chi connectivity index (χ0) is 29.5. The van der Waals surface area contributed by atoms with Crippen molar-refractivity contribution in [3.8, 4) is 11.4 Å². The first-order valence-electron chi connectivity index (χ1n) is 14.9. The Morgan fingerprint density at radius 2 is 1.63 bits per heavy atom. The number of nitrogens with zero attached hydrogens (tertiary/aromatic N) is 3. The topological polar surface area (TPSA) is 69.0 Å². The molecule has 0 aliphatic rings. The number of halogens is 2. The van der Waals surface area contributed by atoms with Crippen LogP contribution in [-0.2, 0) is 10.5 Å². The number of hydrogen-bond acceptors (Lipinski definition) is 5. The molecule has 41 heavy (non-hydrogen) atoms. The number of carbonyl (C=O) groups excluding carboxylic acids is 1. The second-order valence-electron chi connectivity index (χ2n) is 10.5. The van der Waals surface area contributed by atoms with Crippen LogP contribution in [0.4, 0.5) is 0 Å².